The number of aromatic nitrogens is 3. The van der Waals surface area contributed by atoms with Gasteiger partial charge in [-0.3, -0.25) is 0 Å². The Balaban J connectivity index is 0.00000119. The van der Waals surface area contributed by atoms with Crippen molar-refractivity contribution in [3.63, 3.8) is 0 Å². The number of hydrogen-bond donors (Lipinski definition) is 0. The third-order valence-corrected chi connectivity index (χ3v) is 5.95. The first-order chi connectivity index (χ1) is 15.3. The molecule has 0 saturated heterocycles. The summed E-state index contributed by atoms with van der Waals surface area (Å²) in [5.41, 5.74) is 5.67. The van der Waals surface area contributed by atoms with Crippen LogP contribution < -0.4 is 0 Å². The van der Waals surface area contributed by atoms with Crippen LogP contribution in [0.5, 0.6) is 0 Å². The second-order valence-electron chi connectivity index (χ2n) is 7.77. The molecule has 32 heavy (non-hydrogen) atoms. The van der Waals surface area contributed by atoms with E-state index in [2.05, 4.69) is 40.1 Å². The summed E-state index contributed by atoms with van der Waals surface area (Å²) in [6.07, 6.45) is -2.12. The summed E-state index contributed by atoms with van der Waals surface area (Å²) in [6, 6.07) is 11.8. The Labute approximate surface area is 189 Å². The summed E-state index contributed by atoms with van der Waals surface area (Å²) in [6.45, 7) is 4.79. The minimum absolute atomic E-state index is 0.0138. The molecule has 0 fully saturated rings. The Hall–Kier alpha value is -2.64. The Kier molecular flexibility index (Phi) is 6.14. The zero-order chi connectivity index (χ0) is 23.0. The van der Waals surface area contributed by atoms with Gasteiger partial charge in [0.2, 0.25) is 0 Å². The molecule has 2 aromatic carbocycles. The highest BCUT2D eigenvalue weighted by Crippen LogP contribution is 2.36. The largest absolute Gasteiger partial charge is 0.406 e. The zero-order valence-corrected chi connectivity index (χ0v) is 18.9. The molecule has 4 aromatic rings. The highest BCUT2D eigenvalue weighted by Gasteiger charge is 2.31. The van der Waals surface area contributed by atoms with Crippen molar-refractivity contribution in [1.82, 2.24) is 19.4 Å². The topological polar surface area (TPSA) is 34.0 Å². The SMILES string of the molecule is CC.CN1CCc2cc(-c3ccc4c(c3)c3ncnc(Cl)c3n4CC(F)(F)F)ccc2C1. The van der Waals surface area contributed by atoms with E-state index in [9.17, 15) is 13.2 Å². The monoisotopic (exact) mass is 460 g/mol. The van der Waals surface area contributed by atoms with Crippen LogP contribution in [0.15, 0.2) is 42.7 Å². The maximum absolute atomic E-state index is 13.2. The molecular formula is C24H24ClF3N4. The van der Waals surface area contributed by atoms with Crippen molar-refractivity contribution in [2.45, 2.75) is 39.5 Å². The van der Waals surface area contributed by atoms with Gasteiger partial charge in [0.1, 0.15) is 23.9 Å². The molecule has 168 valence electrons. The summed E-state index contributed by atoms with van der Waals surface area (Å²) in [5, 5.41) is 0.647. The Morgan fingerprint density at radius 2 is 1.72 bits per heavy atom. The summed E-state index contributed by atoms with van der Waals surface area (Å²) in [5.74, 6) is 0. The molecule has 0 amide bonds. The van der Waals surface area contributed by atoms with E-state index in [1.54, 1.807) is 6.07 Å². The number of halogens is 4. The Bertz CT molecular complexity index is 1280. The third kappa shape index (κ3) is 4.19. The number of hydrogen-bond acceptors (Lipinski definition) is 3. The maximum Gasteiger partial charge on any atom is 0.406 e. The molecule has 2 aromatic heterocycles. The second-order valence-corrected chi connectivity index (χ2v) is 8.12. The van der Waals surface area contributed by atoms with Crippen LogP contribution in [0.25, 0.3) is 33.1 Å². The molecule has 0 bridgehead atoms. The van der Waals surface area contributed by atoms with E-state index < -0.39 is 12.7 Å². The smallest absolute Gasteiger partial charge is 0.327 e. The fourth-order valence-corrected chi connectivity index (χ4v) is 4.51. The lowest BCUT2D eigenvalue weighted by Gasteiger charge is -2.25. The highest BCUT2D eigenvalue weighted by molar-refractivity contribution is 6.34. The van der Waals surface area contributed by atoms with Crippen LogP contribution in [-0.4, -0.2) is 39.2 Å². The fourth-order valence-electron chi connectivity index (χ4n) is 4.27. The van der Waals surface area contributed by atoms with Gasteiger partial charge in [-0.1, -0.05) is 49.7 Å². The standard InChI is InChI=1S/C22H18ClF3N4.C2H6/c1-29-7-6-15-8-13(2-3-16(15)10-29)14-4-5-18-17(9-14)19-20(21(23)28-12-27-19)30(18)11-22(24,25)26;1-2/h2-5,8-9,12H,6-7,10-11H2,1H3;1-2H3. The molecule has 0 saturated carbocycles. The number of alkyl halides is 3. The number of fused-ring (bicyclic) bond motifs is 4. The van der Waals surface area contributed by atoms with Gasteiger partial charge in [0.25, 0.3) is 0 Å². The first-order valence-electron chi connectivity index (χ1n) is 10.6. The zero-order valence-electron chi connectivity index (χ0n) is 18.2. The van der Waals surface area contributed by atoms with Gasteiger partial charge in [0, 0.05) is 18.5 Å². The van der Waals surface area contributed by atoms with E-state index in [4.69, 9.17) is 11.6 Å². The average Bonchev–Trinajstić information content (AvgIpc) is 3.07. The second kappa shape index (κ2) is 8.71. The first kappa shape index (κ1) is 22.6. The van der Waals surface area contributed by atoms with E-state index in [-0.39, 0.29) is 10.7 Å². The number of likely N-dealkylation sites (N-methyl/N-ethyl adjacent to an activating group) is 1. The molecule has 4 nitrogen and oxygen atoms in total. The van der Waals surface area contributed by atoms with Crippen LogP contribution in [0.1, 0.15) is 25.0 Å². The lowest BCUT2D eigenvalue weighted by molar-refractivity contribution is -0.139. The number of nitrogens with zero attached hydrogens (tertiary/aromatic N) is 4. The van der Waals surface area contributed by atoms with Crippen LogP contribution in [0.4, 0.5) is 13.2 Å². The van der Waals surface area contributed by atoms with Gasteiger partial charge in [-0.15, -0.1) is 0 Å². The van der Waals surface area contributed by atoms with Crippen molar-refractivity contribution in [2.75, 3.05) is 13.6 Å². The van der Waals surface area contributed by atoms with Gasteiger partial charge in [0.05, 0.1) is 5.52 Å². The molecule has 0 aliphatic carbocycles. The molecular weight excluding hydrogens is 437 g/mol. The minimum Gasteiger partial charge on any atom is -0.327 e. The third-order valence-electron chi connectivity index (χ3n) is 5.67. The fraction of sp³-hybridized carbons (Fsp3) is 0.333. The Morgan fingerprint density at radius 1 is 1.00 bits per heavy atom. The maximum atomic E-state index is 13.2. The predicted molar refractivity (Wildman–Crippen MR) is 123 cm³/mol. The van der Waals surface area contributed by atoms with Crippen LogP contribution in [0.3, 0.4) is 0 Å². The molecule has 1 aliphatic heterocycles. The van der Waals surface area contributed by atoms with Crippen molar-refractivity contribution < 1.29 is 13.2 Å². The molecule has 0 radical (unpaired) electrons. The molecule has 0 atom stereocenters. The van der Waals surface area contributed by atoms with Crippen LogP contribution in [0, 0.1) is 0 Å². The minimum atomic E-state index is -4.39. The molecule has 0 N–H and O–H groups in total. The van der Waals surface area contributed by atoms with Crippen molar-refractivity contribution in [1.29, 1.82) is 0 Å². The number of benzene rings is 2. The van der Waals surface area contributed by atoms with E-state index >= 15 is 0 Å². The van der Waals surface area contributed by atoms with Crippen LogP contribution in [0.2, 0.25) is 5.15 Å². The average molecular weight is 461 g/mol. The van der Waals surface area contributed by atoms with Crippen LogP contribution >= 0.6 is 11.6 Å². The van der Waals surface area contributed by atoms with Crippen LogP contribution in [-0.2, 0) is 19.5 Å². The summed E-state index contributed by atoms with van der Waals surface area (Å²) in [7, 11) is 2.11. The van der Waals surface area contributed by atoms with Gasteiger partial charge >= 0.3 is 6.18 Å². The van der Waals surface area contributed by atoms with Gasteiger partial charge in [-0.25, -0.2) is 9.97 Å². The van der Waals surface area contributed by atoms with Crippen molar-refractivity contribution in [3.05, 3.63) is 59.0 Å². The molecule has 1 aliphatic rings. The molecule has 0 spiro atoms. The molecule has 0 unspecified atom stereocenters. The summed E-state index contributed by atoms with van der Waals surface area (Å²) >= 11 is 6.17. The van der Waals surface area contributed by atoms with Gasteiger partial charge in [-0.05, 0) is 47.9 Å². The van der Waals surface area contributed by atoms with Crippen molar-refractivity contribution in [3.8, 4) is 11.1 Å². The van der Waals surface area contributed by atoms with E-state index in [0.29, 0.717) is 16.4 Å². The van der Waals surface area contributed by atoms with Crippen molar-refractivity contribution in [2.24, 2.45) is 0 Å². The van der Waals surface area contributed by atoms with Gasteiger partial charge < -0.3 is 9.47 Å². The first-order valence-corrected chi connectivity index (χ1v) is 11.0. The summed E-state index contributed by atoms with van der Waals surface area (Å²) < 4.78 is 40.8. The molecule has 5 rings (SSSR count). The van der Waals surface area contributed by atoms with E-state index in [1.807, 2.05) is 26.0 Å². The predicted octanol–water partition coefficient (Wildman–Crippen LogP) is 6.48. The lowest BCUT2D eigenvalue weighted by Crippen LogP contribution is -2.26. The Morgan fingerprint density at radius 3 is 2.47 bits per heavy atom. The molecule has 3 heterocycles. The lowest BCUT2D eigenvalue weighted by atomic mass is 9.94. The highest BCUT2D eigenvalue weighted by atomic mass is 35.5. The van der Waals surface area contributed by atoms with Gasteiger partial charge in [0.15, 0.2) is 5.15 Å². The van der Waals surface area contributed by atoms with Crippen molar-refractivity contribution >= 4 is 33.5 Å². The molecule has 8 heteroatoms. The van der Waals surface area contributed by atoms with E-state index in [0.717, 1.165) is 35.2 Å². The summed E-state index contributed by atoms with van der Waals surface area (Å²) in [4.78, 5) is 10.4. The quantitative estimate of drug-likeness (QED) is 0.321. The van der Waals surface area contributed by atoms with Gasteiger partial charge in [-0.2, -0.15) is 13.2 Å². The van der Waals surface area contributed by atoms with E-state index in [1.165, 1.54) is 17.5 Å². The normalized spacial score (nSPS) is 14.3. The number of rotatable bonds is 2.